The molecule has 0 atom stereocenters. The quantitative estimate of drug-likeness (QED) is 0.525. The number of nitrogens with zero attached hydrogens (tertiary/aromatic N) is 3. The molecular weight excluding hydrogens is 388 g/mol. The predicted octanol–water partition coefficient (Wildman–Crippen LogP) is 2.32. The minimum absolute atomic E-state index is 0.0484. The lowest BCUT2D eigenvalue weighted by Crippen LogP contribution is -2.29. The van der Waals surface area contributed by atoms with E-state index in [2.05, 4.69) is 20.0 Å². The number of carbonyl (C=O) groups excluding carboxylic acids is 4. The van der Waals surface area contributed by atoms with Gasteiger partial charge in [0, 0.05) is 17.4 Å². The topological polar surface area (TPSA) is 119 Å². The number of methoxy groups -OCH3 is 1. The summed E-state index contributed by atoms with van der Waals surface area (Å²) in [6.07, 6.45) is 2.51. The number of fused-ring (bicyclic) bond motifs is 1. The first kappa shape index (κ1) is 18.9. The Balaban J connectivity index is 1.49. The SMILES string of the molecule is COC(=O)c1ccc(NC(=O)c2ccc(N3C(=O)c4cncnc4C3=O)cc2)cc1. The van der Waals surface area contributed by atoms with Crippen LogP contribution in [0.3, 0.4) is 0 Å². The van der Waals surface area contributed by atoms with Crippen LogP contribution in [0.15, 0.2) is 61.1 Å². The van der Waals surface area contributed by atoms with Gasteiger partial charge in [-0.2, -0.15) is 0 Å². The van der Waals surface area contributed by atoms with Crippen LogP contribution >= 0.6 is 0 Å². The molecule has 148 valence electrons. The van der Waals surface area contributed by atoms with Crippen LogP contribution in [0.5, 0.6) is 0 Å². The van der Waals surface area contributed by atoms with Crippen LogP contribution in [0.25, 0.3) is 0 Å². The van der Waals surface area contributed by atoms with E-state index in [1.54, 1.807) is 12.1 Å². The number of hydrogen-bond acceptors (Lipinski definition) is 7. The van der Waals surface area contributed by atoms with Crippen molar-refractivity contribution in [1.29, 1.82) is 0 Å². The van der Waals surface area contributed by atoms with Crippen LogP contribution in [0.2, 0.25) is 0 Å². The van der Waals surface area contributed by atoms with Crippen molar-refractivity contribution in [1.82, 2.24) is 9.97 Å². The number of benzene rings is 2. The van der Waals surface area contributed by atoms with E-state index >= 15 is 0 Å². The van der Waals surface area contributed by atoms with E-state index in [-0.39, 0.29) is 17.2 Å². The summed E-state index contributed by atoms with van der Waals surface area (Å²) in [7, 11) is 1.29. The van der Waals surface area contributed by atoms with Gasteiger partial charge in [0.15, 0.2) is 0 Å². The number of imide groups is 1. The number of aromatic nitrogens is 2. The second-order valence-corrected chi connectivity index (χ2v) is 6.30. The van der Waals surface area contributed by atoms with Crippen molar-refractivity contribution in [2.45, 2.75) is 0 Å². The number of carbonyl (C=O) groups is 4. The van der Waals surface area contributed by atoms with Crippen LogP contribution < -0.4 is 10.2 Å². The van der Waals surface area contributed by atoms with Crippen LogP contribution in [-0.2, 0) is 4.74 Å². The van der Waals surface area contributed by atoms with Gasteiger partial charge in [0.1, 0.15) is 12.0 Å². The zero-order chi connectivity index (χ0) is 21.3. The fourth-order valence-electron chi connectivity index (χ4n) is 2.98. The average molecular weight is 402 g/mol. The van der Waals surface area contributed by atoms with Gasteiger partial charge < -0.3 is 10.1 Å². The first-order valence-corrected chi connectivity index (χ1v) is 8.78. The minimum Gasteiger partial charge on any atom is -0.465 e. The number of ether oxygens (including phenoxy) is 1. The van der Waals surface area contributed by atoms with Crippen LogP contribution in [0.4, 0.5) is 11.4 Å². The monoisotopic (exact) mass is 402 g/mol. The van der Waals surface area contributed by atoms with Crippen molar-refractivity contribution in [3.63, 3.8) is 0 Å². The van der Waals surface area contributed by atoms with Crippen molar-refractivity contribution in [2.24, 2.45) is 0 Å². The summed E-state index contributed by atoms with van der Waals surface area (Å²) in [6, 6.07) is 12.3. The molecule has 2 heterocycles. The van der Waals surface area contributed by atoms with Crippen molar-refractivity contribution in [3.8, 4) is 0 Å². The zero-order valence-electron chi connectivity index (χ0n) is 15.7. The normalized spacial score (nSPS) is 12.5. The Kier molecular flexibility index (Phi) is 4.77. The molecular formula is C21H14N4O5. The van der Waals surface area contributed by atoms with E-state index in [0.717, 1.165) is 4.90 Å². The second kappa shape index (κ2) is 7.55. The molecule has 1 aromatic heterocycles. The lowest BCUT2D eigenvalue weighted by molar-refractivity contribution is 0.0600. The molecule has 3 amide bonds. The van der Waals surface area contributed by atoms with Crippen LogP contribution in [-0.4, -0.2) is 40.8 Å². The second-order valence-electron chi connectivity index (χ2n) is 6.30. The molecule has 30 heavy (non-hydrogen) atoms. The van der Waals surface area contributed by atoms with Gasteiger partial charge in [-0.3, -0.25) is 14.4 Å². The summed E-state index contributed by atoms with van der Waals surface area (Å²) < 4.78 is 4.63. The maximum Gasteiger partial charge on any atom is 0.337 e. The van der Waals surface area contributed by atoms with Gasteiger partial charge in [-0.1, -0.05) is 0 Å². The van der Waals surface area contributed by atoms with E-state index in [0.29, 0.717) is 22.5 Å². The Morgan fingerprint density at radius 3 is 2.23 bits per heavy atom. The third-order valence-electron chi connectivity index (χ3n) is 4.50. The van der Waals surface area contributed by atoms with Crippen molar-refractivity contribution in [3.05, 3.63) is 83.4 Å². The highest BCUT2D eigenvalue weighted by atomic mass is 16.5. The van der Waals surface area contributed by atoms with Gasteiger partial charge in [0.25, 0.3) is 17.7 Å². The Morgan fingerprint density at radius 1 is 0.933 bits per heavy atom. The fourth-order valence-corrected chi connectivity index (χ4v) is 2.98. The van der Waals surface area contributed by atoms with E-state index in [1.807, 2.05) is 0 Å². The summed E-state index contributed by atoms with van der Waals surface area (Å²) in [4.78, 5) is 57.5. The Bertz CT molecular complexity index is 1140. The van der Waals surface area contributed by atoms with E-state index in [4.69, 9.17) is 0 Å². The molecule has 0 radical (unpaired) electrons. The smallest absolute Gasteiger partial charge is 0.337 e. The number of rotatable bonds is 4. The van der Waals surface area contributed by atoms with Crippen molar-refractivity contribution >= 4 is 35.1 Å². The third kappa shape index (κ3) is 3.28. The highest BCUT2D eigenvalue weighted by Crippen LogP contribution is 2.27. The Hall–Kier alpha value is -4.40. The van der Waals surface area contributed by atoms with E-state index in [1.165, 1.54) is 56.0 Å². The maximum absolute atomic E-state index is 12.5. The molecule has 1 N–H and O–H groups in total. The van der Waals surface area contributed by atoms with Gasteiger partial charge in [0.2, 0.25) is 0 Å². The summed E-state index contributed by atoms with van der Waals surface area (Å²) in [5.74, 6) is -1.91. The fraction of sp³-hybridized carbons (Fsp3) is 0.0476. The molecule has 0 bridgehead atoms. The summed E-state index contributed by atoms with van der Waals surface area (Å²) in [5.41, 5.74) is 1.70. The molecule has 2 aromatic carbocycles. The van der Waals surface area contributed by atoms with Crippen molar-refractivity contribution < 1.29 is 23.9 Å². The first-order valence-electron chi connectivity index (χ1n) is 8.78. The molecule has 0 spiro atoms. The summed E-state index contributed by atoms with van der Waals surface area (Å²) in [5, 5.41) is 2.71. The number of hydrogen-bond donors (Lipinski definition) is 1. The number of amides is 3. The molecule has 0 fully saturated rings. The number of anilines is 2. The third-order valence-corrected chi connectivity index (χ3v) is 4.50. The Morgan fingerprint density at radius 2 is 1.60 bits per heavy atom. The molecule has 0 aliphatic carbocycles. The van der Waals surface area contributed by atoms with E-state index in [9.17, 15) is 19.2 Å². The summed E-state index contributed by atoms with van der Waals surface area (Å²) >= 11 is 0. The molecule has 3 aromatic rings. The van der Waals surface area contributed by atoms with Gasteiger partial charge in [0.05, 0.1) is 23.9 Å². The molecule has 9 nitrogen and oxygen atoms in total. The number of nitrogens with one attached hydrogen (secondary N) is 1. The van der Waals surface area contributed by atoms with E-state index < -0.39 is 17.8 Å². The lowest BCUT2D eigenvalue weighted by Gasteiger charge is -2.14. The highest BCUT2D eigenvalue weighted by Gasteiger charge is 2.38. The summed E-state index contributed by atoms with van der Waals surface area (Å²) in [6.45, 7) is 0. The number of esters is 1. The molecule has 4 rings (SSSR count). The van der Waals surface area contributed by atoms with Gasteiger partial charge in [-0.15, -0.1) is 0 Å². The predicted molar refractivity (Wildman–Crippen MR) is 105 cm³/mol. The Labute approximate surface area is 170 Å². The highest BCUT2D eigenvalue weighted by molar-refractivity contribution is 6.33. The maximum atomic E-state index is 12.5. The van der Waals surface area contributed by atoms with Crippen LogP contribution in [0, 0.1) is 0 Å². The molecule has 0 unspecified atom stereocenters. The molecule has 0 saturated carbocycles. The standard InChI is InChI=1S/C21H14N4O5/c1-30-21(29)13-2-6-14(7-3-13)24-18(26)12-4-8-15(9-5-12)25-19(27)16-10-22-11-23-17(16)20(25)28/h2-11H,1H3,(H,24,26). The van der Waals surface area contributed by atoms with Crippen molar-refractivity contribution in [2.75, 3.05) is 17.3 Å². The van der Waals surface area contributed by atoms with Gasteiger partial charge in [-0.05, 0) is 48.5 Å². The molecule has 1 aliphatic rings. The lowest BCUT2D eigenvalue weighted by atomic mass is 10.1. The molecule has 0 saturated heterocycles. The van der Waals surface area contributed by atoms with Gasteiger partial charge in [-0.25, -0.2) is 19.7 Å². The van der Waals surface area contributed by atoms with Gasteiger partial charge >= 0.3 is 5.97 Å². The molecule has 1 aliphatic heterocycles. The molecule has 9 heteroatoms. The first-order chi connectivity index (χ1) is 14.5. The van der Waals surface area contributed by atoms with Crippen LogP contribution in [0.1, 0.15) is 41.6 Å². The average Bonchev–Trinajstić information content (AvgIpc) is 3.04. The minimum atomic E-state index is -0.541. The largest absolute Gasteiger partial charge is 0.465 e. The zero-order valence-corrected chi connectivity index (χ0v) is 15.7.